The third kappa shape index (κ3) is 3.41. The van der Waals surface area contributed by atoms with Gasteiger partial charge in [0.05, 0.1) is 0 Å². The van der Waals surface area contributed by atoms with Crippen LogP contribution in [0.4, 0.5) is 8.78 Å². The van der Waals surface area contributed by atoms with E-state index in [1.54, 1.807) is 0 Å². The highest BCUT2D eigenvalue weighted by atomic mass is 19.1. The molecule has 0 bridgehead atoms. The molecule has 2 rings (SSSR count). The summed E-state index contributed by atoms with van der Waals surface area (Å²) in [5, 5.41) is 11.6. The molecule has 1 aliphatic rings. The smallest absolute Gasteiger partial charge is 0.142 e. The van der Waals surface area contributed by atoms with E-state index in [4.69, 9.17) is 10.9 Å². The molecule has 0 radical (unpaired) electrons. The normalized spacial score (nSPS) is 18.7. The van der Waals surface area contributed by atoms with Crippen LogP contribution in [0, 0.1) is 17.6 Å². The number of piperidine rings is 1. The number of nitrogens with two attached hydrogens (primary N) is 1. The van der Waals surface area contributed by atoms with Crippen molar-refractivity contribution in [3.05, 3.63) is 35.4 Å². The summed E-state index contributed by atoms with van der Waals surface area (Å²) in [4.78, 5) is 2.04. The molecule has 0 aromatic heterocycles. The van der Waals surface area contributed by atoms with Crippen molar-refractivity contribution in [1.82, 2.24) is 4.90 Å². The van der Waals surface area contributed by atoms with E-state index >= 15 is 0 Å². The lowest BCUT2D eigenvalue weighted by atomic mass is 9.95. The van der Waals surface area contributed by atoms with Gasteiger partial charge in [-0.1, -0.05) is 5.16 Å². The zero-order chi connectivity index (χ0) is 13.8. The first-order chi connectivity index (χ1) is 9.10. The Hall–Kier alpha value is -1.69. The maximum Gasteiger partial charge on any atom is 0.142 e. The SMILES string of the molecule is NC(=NO)C1CCN(Cc2cc(F)ccc2F)CC1. The van der Waals surface area contributed by atoms with Gasteiger partial charge in [0.1, 0.15) is 17.5 Å². The van der Waals surface area contributed by atoms with Crippen molar-refractivity contribution in [2.24, 2.45) is 16.8 Å². The van der Waals surface area contributed by atoms with E-state index in [9.17, 15) is 8.78 Å². The molecule has 0 atom stereocenters. The van der Waals surface area contributed by atoms with E-state index in [2.05, 4.69) is 5.16 Å². The molecule has 0 unspecified atom stereocenters. The first-order valence-corrected chi connectivity index (χ1v) is 6.24. The van der Waals surface area contributed by atoms with Gasteiger partial charge in [0.25, 0.3) is 0 Å². The molecular weight excluding hydrogens is 252 g/mol. The predicted octanol–water partition coefficient (Wildman–Crippen LogP) is 1.92. The average molecular weight is 269 g/mol. The molecule has 4 nitrogen and oxygen atoms in total. The fraction of sp³-hybridized carbons (Fsp3) is 0.462. The lowest BCUT2D eigenvalue weighted by Gasteiger charge is -2.31. The van der Waals surface area contributed by atoms with Crippen molar-refractivity contribution in [2.45, 2.75) is 19.4 Å². The average Bonchev–Trinajstić information content (AvgIpc) is 2.43. The van der Waals surface area contributed by atoms with Gasteiger partial charge in [-0.05, 0) is 44.1 Å². The minimum atomic E-state index is -0.428. The highest BCUT2D eigenvalue weighted by molar-refractivity contribution is 5.82. The minimum Gasteiger partial charge on any atom is -0.409 e. The van der Waals surface area contributed by atoms with Gasteiger partial charge in [0, 0.05) is 18.0 Å². The second-order valence-electron chi connectivity index (χ2n) is 4.81. The van der Waals surface area contributed by atoms with Gasteiger partial charge < -0.3 is 10.9 Å². The van der Waals surface area contributed by atoms with Gasteiger partial charge in [0.2, 0.25) is 0 Å². The molecule has 104 valence electrons. The molecule has 3 N–H and O–H groups in total. The fourth-order valence-electron chi connectivity index (χ4n) is 2.37. The summed E-state index contributed by atoms with van der Waals surface area (Å²) in [6.45, 7) is 1.82. The standard InChI is InChI=1S/C13H17F2N3O/c14-11-1-2-12(15)10(7-11)8-18-5-3-9(4-6-18)13(16)17-19/h1-2,7,9,19H,3-6,8H2,(H2,16,17). The summed E-state index contributed by atoms with van der Waals surface area (Å²) in [7, 11) is 0. The topological polar surface area (TPSA) is 61.9 Å². The first-order valence-electron chi connectivity index (χ1n) is 6.24. The van der Waals surface area contributed by atoms with E-state index in [-0.39, 0.29) is 17.6 Å². The number of amidine groups is 1. The Labute approximate surface area is 110 Å². The quantitative estimate of drug-likeness (QED) is 0.381. The number of hydrogen-bond donors (Lipinski definition) is 2. The lowest BCUT2D eigenvalue weighted by molar-refractivity contribution is 0.196. The second kappa shape index (κ2) is 5.97. The van der Waals surface area contributed by atoms with Crippen LogP contribution in [0.25, 0.3) is 0 Å². The maximum atomic E-state index is 13.5. The zero-order valence-electron chi connectivity index (χ0n) is 10.5. The summed E-state index contributed by atoms with van der Waals surface area (Å²) < 4.78 is 26.6. The molecule has 1 aromatic carbocycles. The molecule has 6 heteroatoms. The Bertz CT molecular complexity index is 471. The Morgan fingerprint density at radius 3 is 2.68 bits per heavy atom. The van der Waals surface area contributed by atoms with Gasteiger partial charge in [-0.15, -0.1) is 0 Å². The molecule has 0 aliphatic carbocycles. The number of oxime groups is 1. The number of likely N-dealkylation sites (tertiary alicyclic amines) is 1. The van der Waals surface area contributed by atoms with Gasteiger partial charge in [-0.25, -0.2) is 8.78 Å². The molecular formula is C13H17F2N3O. The lowest BCUT2D eigenvalue weighted by Crippen LogP contribution is -2.38. The van der Waals surface area contributed by atoms with Crippen LogP contribution in [0.5, 0.6) is 0 Å². The van der Waals surface area contributed by atoms with Crippen molar-refractivity contribution in [1.29, 1.82) is 0 Å². The monoisotopic (exact) mass is 269 g/mol. The Morgan fingerprint density at radius 1 is 1.37 bits per heavy atom. The van der Waals surface area contributed by atoms with E-state index in [1.165, 1.54) is 6.07 Å². The van der Waals surface area contributed by atoms with Crippen LogP contribution in [0.3, 0.4) is 0 Å². The molecule has 0 saturated carbocycles. The van der Waals surface area contributed by atoms with Gasteiger partial charge in [-0.3, -0.25) is 4.90 Å². The highest BCUT2D eigenvalue weighted by Gasteiger charge is 2.22. The van der Waals surface area contributed by atoms with Gasteiger partial charge in [-0.2, -0.15) is 0 Å². The summed E-state index contributed by atoms with van der Waals surface area (Å²) in [6, 6.07) is 3.49. The largest absolute Gasteiger partial charge is 0.409 e. The molecule has 1 saturated heterocycles. The summed E-state index contributed by atoms with van der Waals surface area (Å²) in [6.07, 6.45) is 1.51. The number of nitrogens with zero attached hydrogens (tertiary/aromatic N) is 2. The maximum absolute atomic E-state index is 13.5. The van der Waals surface area contributed by atoms with Crippen molar-refractivity contribution in [3.63, 3.8) is 0 Å². The predicted molar refractivity (Wildman–Crippen MR) is 67.8 cm³/mol. The number of rotatable bonds is 3. The number of hydrogen-bond acceptors (Lipinski definition) is 3. The molecule has 19 heavy (non-hydrogen) atoms. The van der Waals surface area contributed by atoms with Crippen LogP contribution in [-0.4, -0.2) is 29.0 Å². The van der Waals surface area contributed by atoms with Crippen LogP contribution >= 0.6 is 0 Å². The number of halogens is 2. The Balaban J connectivity index is 1.94. The third-order valence-electron chi connectivity index (χ3n) is 3.52. The molecule has 1 heterocycles. The van der Waals surface area contributed by atoms with Crippen LogP contribution < -0.4 is 5.73 Å². The summed E-state index contributed by atoms with van der Waals surface area (Å²) in [5.41, 5.74) is 5.92. The Kier molecular flexibility index (Phi) is 4.31. The molecule has 1 aromatic rings. The molecule has 0 spiro atoms. The molecule has 1 aliphatic heterocycles. The van der Waals surface area contributed by atoms with Gasteiger partial charge in [0.15, 0.2) is 0 Å². The summed E-state index contributed by atoms with van der Waals surface area (Å²) in [5.74, 6) is -0.502. The number of benzene rings is 1. The second-order valence-corrected chi connectivity index (χ2v) is 4.81. The Morgan fingerprint density at radius 2 is 2.05 bits per heavy atom. The van der Waals surface area contributed by atoms with Crippen molar-refractivity contribution >= 4 is 5.84 Å². The fourth-order valence-corrected chi connectivity index (χ4v) is 2.37. The molecule has 0 amide bonds. The van der Waals surface area contributed by atoms with Crippen LogP contribution in [-0.2, 0) is 6.54 Å². The van der Waals surface area contributed by atoms with Gasteiger partial charge >= 0.3 is 0 Å². The van der Waals surface area contributed by atoms with E-state index in [0.29, 0.717) is 12.1 Å². The van der Waals surface area contributed by atoms with E-state index in [1.807, 2.05) is 4.90 Å². The van der Waals surface area contributed by atoms with Crippen LogP contribution in [0.1, 0.15) is 18.4 Å². The van der Waals surface area contributed by atoms with Crippen molar-refractivity contribution in [3.8, 4) is 0 Å². The zero-order valence-corrected chi connectivity index (χ0v) is 10.5. The van der Waals surface area contributed by atoms with Crippen molar-refractivity contribution in [2.75, 3.05) is 13.1 Å². The van der Waals surface area contributed by atoms with E-state index in [0.717, 1.165) is 38.1 Å². The van der Waals surface area contributed by atoms with E-state index < -0.39 is 5.82 Å². The summed E-state index contributed by atoms with van der Waals surface area (Å²) >= 11 is 0. The minimum absolute atomic E-state index is 0.0682. The van der Waals surface area contributed by atoms with Crippen molar-refractivity contribution < 1.29 is 14.0 Å². The molecule has 1 fully saturated rings. The highest BCUT2D eigenvalue weighted by Crippen LogP contribution is 2.20. The van der Waals surface area contributed by atoms with Crippen LogP contribution in [0.2, 0.25) is 0 Å². The van der Waals surface area contributed by atoms with Crippen LogP contribution in [0.15, 0.2) is 23.4 Å². The first kappa shape index (κ1) is 13.7. The third-order valence-corrected chi connectivity index (χ3v) is 3.52.